The molecule has 1 aromatic carbocycles. The molecule has 5 nitrogen and oxygen atoms in total. The third-order valence-electron chi connectivity index (χ3n) is 3.78. The van der Waals surface area contributed by atoms with E-state index in [1.165, 1.54) is 0 Å². The number of carbonyl (C=O) groups is 1. The molecule has 1 aliphatic rings. The Morgan fingerprint density at radius 1 is 1.43 bits per heavy atom. The van der Waals surface area contributed by atoms with Crippen LogP contribution in [0.3, 0.4) is 0 Å². The summed E-state index contributed by atoms with van der Waals surface area (Å²) in [6.45, 7) is 5.08. The van der Waals surface area contributed by atoms with Crippen LogP contribution in [0.5, 0.6) is 11.5 Å². The summed E-state index contributed by atoms with van der Waals surface area (Å²) in [7, 11) is 3.53. The summed E-state index contributed by atoms with van der Waals surface area (Å²) < 4.78 is 10.8. The standard InChI is InChI=1S/C16H24N2O3/c1-4-21-14-6-5-13(9-15(14)20-3)16(19)18-8-7-12(11-18)10-17-2/h5-6,9,12,17H,4,7-8,10-11H2,1-3H3/t12-/m1/s1. The number of ether oxygens (including phenoxy) is 2. The average molecular weight is 292 g/mol. The van der Waals surface area contributed by atoms with Crippen LogP contribution in [-0.2, 0) is 0 Å². The fourth-order valence-corrected chi connectivity index (χ4v) is 2.73. The Morgan fingerprint density at radius 3 is 2.90 bits per heavy atom. The van der Waals surface area contributed by atoms with Crippen LogP contribution in [0.25, 0.3) is 0 Å². The van der Waals surface area contributed by atoms with Crippen molar-refractivity contribution in [1.82, 2.24) is 10.2 Å². The normalized spacial score (nSPS) is 17.9. The molecular weight excluding hydrogens is 268 g/mol. The van der Waals surface area contributed by atoms with Gasteiger partial charge < -0.3 is 19.7 Å². The first kappa shape index (κ1) is 15.6. The van der Waals surface area contributed by atoms with Gasteiger partial charge in [0.25, 0.3) is 5.91 Å². The Balaban J connectivity index is 2.09. The van der Waals surface area contributed by atoms with Crippen molar-refractivity contribution in [2.24, 2.45) is 5.92 Å². The highest BCUT2D eigenvalue weighted by Crippen LogP contribution is 2.29. The van der Waals surface area contributed by atoms with E-state index in [9.17, 15) is 4.79 Å². The smallest absolute Gasteiger partial charge is 0.254 e. The Labute approximate surface area is 126 Å². The van der Waals surface area contributed by atoms with Gasteiger partial charge >= 0.3 is 0 Å². The Kier molecular flexibility index (Phi) is 5.44. The molecule has 0 bridgehead atoms. The van der Waals surface area contributed by atoms with Crippen molar-refractivity contribution in [3.05, 3.63) is 23.8 Å². The summed E-state index contributed by atoms with van der Waals surface area (Å²) in [6.07, 6.45) is 1.06. The molecule has 21 heavy (non-hydrogen) atoms. The summed E-state index contributed by atoms with van der Waals surface area (Å²) >= 11 is 0. The molecule has 116 valence electrons. The molecule has 1 N–H and O–H groups in total. The number of carbonyl (C=O) groups excluding carboxylic acids is 1. The van der Waals surface area contributed by atoms with Gasteiger partial charge in [-0.05, 0) is 51.1 Å². The second-order valence-corrected chi connectivity index (χ2v) is 5.26. The molecule has 1 aliphatic heterocycles. The van der Waals surface area contributed by atoms with Crippen molar-refractivity contribution in [2.75, 3.05) is 40.4 Å². The van der Waals surface area contributed by atoms with Gasteiger partial charge in [0, 0.05) is 18.7 Å². The minimum Gasteiger partial charge on any atom is -0.493 e. The van der Waals surface area contributed by atoms with Gasteiger partial charge in [-0.25, -0.2) is 0 Å². The molecule has 1 saturated heterocycles. The highest BCUT2D eigenvalue weighted by atomic mass is 16.5. The molecule has 1 amide bonds. The maximum atomic E-state index is 12.5. The Hall–Kier alpha value is -1.75. The highest BCUT2D eigenvalue weighted by molar-refractivity contribution is 5.95. The fourth-order valence-electron chi connectivity index (χ4n) is 2.73. The van der Waals surface area contributed by atoms with E-state index in [1.54, 1.807) is 25.3 Å². The van der Waals surface area contributed by atoms with E-state index >= 15 is 0 Å². The van der Waals surface area contributed by atoms with Gasteiger partial charge in [0.2, 0.25) is 0 Å². The molecule has 1 fully saturated rings. The molecule has 1 aromatic rings. The van der Waals surface area contributed by atoms with E-state index in [0.29, 0.717) is 29.6 Å². The third kappa shape index (κ3) is 3.67. The zero-order chi connectivity index (χ0) is 15.2. The summed E-state index contributed by atoms with van der Waals surface area (Å²) in [5.41, 5.74) is 0.653. The van der Waals surface area contributed by atoms with Crippen molar-refractivity contribution in [3.8, 4) is 11.5 Å². The minimum atomic E-state index is 0.0648. The van der Waals surface area contributed by atoms with Gasteiger partial charge in [-0.2, -0.15) is 0 Å². The van der Waals surface area contributed by atoms with Crippen LogP contribution in [0.4, 0.5) is 0 Å². The molecule has 0 aliphatic carbocycles. The van der Waals surface area contributed by atoms with Gasteiger partial charge in [0.05, 0.1) is 13.7 Å². The lowest BCUT2D eigenvalue weighted by Gasteiger charge is -2.18. The lowest BCUT2D eigenvalue weighted by Crippen LogP contribution is -2.30. The molecule has 5 heteroatoms. The van der Waals surface area contributed by atoms with E-state index < -0.39 is 0 Å². The number of methoxy groups -OCH3 is 1. The number of amides is 1. The van der Waals surface area contributed by atoms with Gasteiger partial charge in [-0.3, -0.25) is 4.79 Å². The quantitative estimate of drug-likeness (QED) is 0.868. The monoisotopic (exact) mass is 292 g/mol. The van der Waals surface area contributed by atoms with E-state index in [0.717, 1.165) is 26.1 Å². The molecule has 1 atom stereocenters. The van der Waals surface area contributed by atoms with Gasteiger partial charge in [0.1, 0.15) is 0 Å². The van der Waals surface area contributed by atoms with Crippen LogP contribution in [0.15, 0.2) is 18.2 Å². The van der Waals surface area contributed by atoms with Crippen molar-refractivity contribution in [3.63, 3.8) is 0 Å². The zero-order valence-corrected chi connectivity index (χ0v) is 13.0. The average Bonchev–Trinajstić information content (AvgIpc) is 2.96. The largest absolute Gasteiger partial charge is 0.493 e. The molecule has 0 spiro atoms. The van der Waals surface area contributed by atoms with Crippen molar-refractivity contribution in [1.29, 1.82) is 0 Å². The van der Waals surface area contributed by atoms with Gasteiger partial charge in [0.15, 0.2) is 11.5 Å². The zero-order valence-electron chi connectivity index (χ0n) is 13.0. The molecule has 0 saturated carbocycles. The Bertz CT molecular complexity index is 490. The fraction of sp³-hybridized carbons (Fsp3) is 0.562. The van der Waals surface area contributed by atoms with Crippen LogP contribution >= 0.6 is 0 Å². The van der Waals surface area contributed by atoms with E-state index in [2.05, 4.69) is 5.32 Å². The summed E-state index contributed by atoms with van der Waals surface area (Å²) in [4.78, 5) is 14.5. The first-order valence-corrected chi connectivity index (χ1v) is 7.44. The maximum Gasteiger partial charge on any atom is 0.254 e. The molecule has 0 unspecified atom stereocenters. The number of likely N-dealkylation sites (tertiary alicyclic amines) is 1. The molecule has 0 aromatic heterocycles. The molecule has 1 heterocycles. The second-order valence-electron chi connectivity index (χ2n) is 5.26. The highest BCUT2D eigenvalue weighted by Gasteiger charge is 2.26. The molecule has 2 rings (SSSR count). The van der Waals surface area contributed by atoms with Crippen molar-refractivity contribution >= 4 is 5.91 Å². The van der Waals surface area contributed by atoms with Gasteiger partial charge in [-0.1, -0.05) is 0 Å². The lowest BCUT2D eigenvalue weighted by atomic mass is 10.1. The lowest BCUT2D eigenvalue weighted by molar-refractivity contribution is 0.0787. The number of nitrogens with zero attached hydrogens (tertiary/aromatic N) is 1. The second kappa shape index (κ2) is 7.31. The van der Waals surface area contributed by atoms with Crippen LogP contribution in [0.2, 0.25) is 0 Å². The molecular formula is C16H24N2O3. The first-order chi connectivity index (χ1) is 10.2. The van der Waals surface area contributed by atoms with Crippen LogP contribution in [-0.4, -0.2) is 51.2 Å². The molecule has 0 radical (unpaired) electrons. The predicted molar refractivity (Wildman–Crippen MR) is 82.1 cm³/mol. The summed E-state index contributed by atoms with van der Waals surface area (Å²) in [5, 5.41) is 3.17. The number of rotatable bonds is 6. The Morgan fingerprint density at radius 2 is 2.24 bits per heavy atom. The van der Waals surface area contributed by atoms with Crippen molar-refractivity contribution < 1.29 is 14.3 Å². The van der Waals surface area contributed by atoms with Crippen LogP contribution < -0.4 is 14.8 Å². The summed E-state index contributed by atoms with van der Waals surface area (Å²) in [5.74, 6) is 1.89. The predicted octanol–water partition coefficient (Wildman–Crippen LogP) is 1.78. The van der Waals surface area contributed by atoms with E-state index in [1.807, 2.05) is 18.9 Å². The van der Waals surface area contributed by atoms with E-state index in [-0.39, 0.29) is 5.91 Å². The number of benzene rings is 1. The third-order valence-corrected chi connectivity index (χ3v) is 3.78. The first-order valence-electron chi connectivity index (χ1n) is 7.44. The summed E-state index contributed by atoms with van der Waals surface area (Å²) in [6, 6.07) is 5.37. The van der Waals surface area contributed by atoms with Crippen LogP contribution in [0, 0.1) is 5.92 Å². The minimum absolute atomic E-state index is 0.0648. The number of hydrogen-bond acceptors (Lipinski definition) is 4. The number of hydrogen-bond donors (Lipinski definition) is 1. The maximum absolute atomic E-state index is 12.5. The van der Waals surface area contributed by atoms with Crippen molar-refractivity contribution in [2.45, 2.75) is 13.3 Å². The van der Waals surface area contributed by atoms with E-state index in [4.69, 9.17) is 9.47 Å². The number of nitrogens with one attached hydrogen (secondary N) is 1. The van der Waals surface area contributed by atoms with Gasteiger partial charge in [-0.15, -0.1) is 0 Å². The topological polar surface area (TPSA) is 50.8 Å². The SMILES string of the molecule is CCOc1ccc(C(=O)N2CC[C@H](CNC)C2)cc1OC. The van der Waals surface area contributed by atoms with Crippen LogP contribution in [0.1, 0.15) is 23.7 Å².